The zero-order valence-electron chi connectivity index (χ0n) is 19.4. The SMILES string of the molecule is COC(=O)c1cccc(NC(=O)CN(c2ccccc2)S(=O)(=O)c2ccc(OC)c(C)c2)c1C. The number of anilines is 2. The van der Waals surface area contributed by atoms with Gasteiger partial charge in [0.1, 0.15) is 12.3 Å². The van der Waals surface area contributed by atoms with Gasteiger partial charge in [0.2, 0.25) is 5.91 Å². The Morgan fingerprint density at radius 3 is 2.26 bits per heavy atom. The number of sulfonamides is 1. The molecule has 0 unspecified atom stereocenters. The van der Waals surface area contributed by atoms with Gasteiger partial charge in [-0.15, -0.1) is 0 Å². The fourth-order valence-corrected chi connectivity index (χ4v) is 4.98. The molecule has 0 aliphatic rings. The molecular weight excluding hydrogens is 456 g/mol. The number of esters is 1. The predicted molar refractivity (Wildman–Crippen MR) is 130 cm³/mol. The van der Waals surface area contributed by atoms with Crippen LogP contribution in [0.5, 0.6) is 5.75 Å². The van der Waals surface area contributed by atoms with E-state index in [0.29, 0.717) is 33.8 Å². The van der Waals surface area contributed by atoms with Crippen molar-refractivity contribution in [2.75, 3.05) is 30.4 Å². The maximum Gasteiger partial charge on any atom is 0.338 e. The number of amides is 1. The van der Waals surface area contributed by atoms with E-state index in [2.05, 4.69) is 5.32 Å². The van der Waals surface area contributed by atoms with E-state index in [4.69, 9.17) is 9.47 Å². The van der Waals surface area contributed by atoms with Crippen LogP contribution in [0.1, 0.15) is 21.5 Å². The van der Waals surface area contributed by atoms with E-state index in [1.165, 1.54) is 26.4 Å². The molecule has 0 aliphatic carbocycles. The maximum atomic E-state index is 13.6. The Bertz CT molecular complexity index is 1310. The first-order valence-electron chi connectivity index (χ1n) is 10.4. The first kappa shape index (κ1) is 24.8. The number of para-hydroxylation sites is 1. The maximum absolute atomic E-state index is 13.6. The zero-order valence-corrected chi connectivity index (χ0v) is 20.2. The standard InChI is InChI=1S/C25H26N2O6S/c1-17-15-20(13-14-23(17)32-3)34(30,31)27(19-9-6-5-7-10-19)16-24(28)26-22-12-8-11-21(18(22)2)25(29)33-4/h5-15H,16H2,1-4H3,(H,26,28). The number of ether oxygens (including phenoxy) is 2. The molecule has 8 nitrogen and oxygen atoms in total. The van der Waals surface area contributed by atoms with Crippen LogP contribution in [0.4, 0.5) is 11.4 Å². The van der Waals surface area contributed by atoms with E-state index in [1.54, 1.807) is 68.4 Å². The molecule has 0 bridgehead atoms. The van der Waals surface area contributed by atoms with E-state index in [0.717, 1.165) is 4.31 Å². The largest absolute Gasteiger partial charge is 0.496 e. The second-order valence-corrected chi connectivity index (χ2v) is 9.36. The highest BCUT2D eigenvalue weighted by molar-refractivity contribution is 7.92. The summed E-state index contributed by atoms with van der Waals surface area (Å²) in [6.07, 6.45) is 0. The number of hydrogen-bond donors (Lipinski definition) is 1. The molecule has 0 saturated carbocycles. The molecule has 3 rings (SSSR count). The second kappa shape index (κ2) is 10.4. The van der Waals surface area contributed by atoms with Crippen LogP contribution in [0.15, 0.2) is 71.6 Å². The molecule has 0 fully saturated rings. The lowest BCUT2D eigenvalue weighted by molar-refractivity contribution is -0.114. The first-order valence-corrected chi connectivity index (χ1v) is 11.8. The van der Waals surface area contributed by atoms with Crippen LogP contribution in [0.3, 0.4) is 0 Å². The molecule has 1 N–H and O–H groups in total. The Morgan fingerprint density at radius 1 is 0.941 bits per heavy atom. The van der Waals surface area contributed by atoms with Crippen LogP contribution < -0.4 is 14.4 Å². The molecule has 0 aromatic heterocycles. The lowest BCUT2D eigenvalue weighted by Crippen LogP contribution is -2.38. The first-order chi connectivity index (χ1) is 16.2. The van der Waals surface area contributed by atoms with Gasteiger partial charge in [0, 0.05) is 5.69 Å². The highest BCUT2D eigenvalue weighted by atomic mass is 32.2. The normalized spacial score (nSPS) is 10.9. The van der Waals surface area contributed by atoms with E-state index >= 15 is 0 Å². The minimum atomic E-state index is -4.08. The quantitative estimate of drug-likeness (QED) is 0.488. The summed E-state index contributed by atoms with van der Waals surface area (Å²) in [7, 11) is -1.30. The van der Waals surface area contributed by atoms with Gasteiger partial charge in [-0.25, -0.2) is 13.2 Å². The molecule has 3 aromatic rings. The Morgan fingerprint density at radius 2 is 1.65 bits per heavy atom. The minimum absolute atomic E-state index is 0.0336. The van der Waals surface area contributed by atoms with Gasteiger partial charge in [-0.05, 0) is 67.4 Å². The molecule has 34 heavy (non-hydrogen) atoms. The van der Waals surface area contributed by atoms with Crippen LogP contribution >= 0.6 is 0 Å². The number of methoxy groups -OCH3 is 2. The van der Waals surface area contributed by atoms with Gasteiger partial charge in [-0.3, -0.25) is 9.10 Å². The molecule has 178 valence electrons. The zero-order chi connectivity index (χ0) is 24.9. The summed E-state index contributed by atoms with van der Waals surface area (Å²) in [5, 5.41) is 2.71. The number of aryl methyl sites for hydroxylation is 1. The van der Waals surface area contributed by atoms with Gasteiger partial charge < -0.3 is 14.8 Å². The smallest absolute Gasteiger partial charge is 0.338 e. The van der Waals surface area contributed by atoms with Gasteiger partial charge in [0.25, 0.3) is 10.0 Å². The summed E-state index contributed by atoms with van der Waals surface area (Å²) in [5.41, 5.74) is 2.20. The number of nitrogens with one attached hydrogen (secondary N) is 1. The summed E-state index contributed by atoms with van der Waals surface area (Å²) in [4.78, 5) is 25.0. The number of carbonyl (C=O) groups excluding carboxylic acids is 2. The summed E-state index contributed by atoms with van der Waals surface area (Å²) in [6, 6.07) is 17.7. The number of nitrogens with zero attached hydrogens (tertiary/aromatic N) is 1. The second-order valence-electron chi connectivity index (χ2n) is 7.50. The van der Waals surface area contributed by atoms with Crippen LogP contribution in [0.25, 0.3) is 0 Å². The number of carbonyl (C=O) groups is 2. The average Bonchev–Trinajstić information content (AvgIpc) is 2.83. The van der Waals surface area contributed by atoms with Crippen molar-refractivity contribution in [2.24, 2.45) is 0 Å². The van der Waals surface area contributed by atoms with Crippen LogP contribution in [0, 0.1) is 13.8 Å². The summed E-state index contributed by atoms with van der Waals surface area (Å²) in [6.45, 7) is 2.95. The van der Waals surface area contributed by atoms with Crippen molar-refractivity contribution < 1.29 is 27.5 Å². The van der Waals surface area contributed by atoms with Gasteiger partial charge in [0.15, 0.2) is 0 Å². The highest BCUT2D eigenvalue weighted by Crippen LogP contribution is 2.27. The van der Waals surface area contributed by atoms with Crippen molar-refractivity contribution in [2.45, 2.75) is 18.7 Å². The van der Waals surface area contributed by atoms with Gasteiger partial charge in [-0.1, -0.05) is 24.3 Å². The van der Waals surface area contributed by atoms with E-state index in [-0.39, 0.29) is 4.90 Å². The van der Waals surface area contributed by atoms with Crippen molar-refractivity contribution in [3.63, 3.8) is 0 Å². The number of hydrogen-bond acceptors (Lipinski definition) is 6. The average molecular weight is 483 g/mol. The monoisotopic (exact) mass is 482 g/mol. The lowest BCUT2D eigenvalue weighted by atomic mass is 10.1. The van der Waals surface area contributed by atoms with Crippen LogP contribution in [0.2, 0.25) is 0 Å². The molecule has 3 aromatic carbocycles. The molecule has 0 saturated heterocycles. The molecule has 0 spiro atoms. The van der Waals surface area contributed by atoms with E-state index in [1.807, 2.05) is 0 Å². The molecule has 0 heterocycles. The van der Waals surface area contributed by atoms with Crippen molar-refractivity contribution in [1.82, 2.24) is 0 Å². The summed E-state index contributed by atoms with van der Waals surface area (Å²) >= 11 is 0. The summed E-state index contributed by atoms with van der Waals surface area (Å²) in [5.74, 6) is -0.538. The molecule has 0 atom stereocenters. The van der Waals surface area contributed by atoms with E-state index in [9.17, 15) is 18.0 Å². The van der Waals surface area contributed by atoms with Gasteiger partial charge >= 0.3 is 5.97 Å². The predicted octanol–water partition coefficient (Wildman–Crippen LogP) is 3.93. The number of rotatable bonds is 8. The van der Waals surface area contributed by atoms with Crippen molar-refractivity contribution in [1.29, 1.82) is 0 Å². The molecule has 1 amide bonds. The van der Waals surface area contributed by atoms with Crippen molar-refractivity contribution in [3.05, 3.63) is 83.4 Å². The fourth-order valence-electron chi connectivity index (χ4n) is 3.47. The van der Waals surface area contributed by atoms with Crippen molar-refractivity contribution in [3.8, 4) is 5.75 Å². The third kappa shape index (κ3) is 5.20. The van der Waals surface area contributed by atoms with Crippen LogP contribution in [-0.2, 0) is 19.6 Å². The third-order valence-electron chi connectivity index (χ3n) is 5.30. The number of benzene rings is 3. The Hall–Kier alpha value is -3.85. The van der Waals surface area contributed by atoms with Crippen LogP contribution in [-0.4, -0.2) is 41.1 Å². The van der Waals surface area contributed by atoms with Crippen molar-refractivity contribution >= 4 is 33.3 Å². The molecule has 0 aliphatic heterocycles. The van der Waals surface area contributed by atoms with Gasteiger partial charge in [0.05, 0.1) is 30.4 Å². The van der Waals surface area contributed by atoms with E-state index < -0.39 is 28.4 Å². The fraction of sp³-hybridized carbons (Fsp3) is 0.200. The molecular formula is C25H26N2O6S. The molecule has 9 heteroatoms. The summed E-state index contributed by atoms with van der Waals surface area (Å²) < 4.78 is 38.2. The lowest BCUT2D eigenvalue weighted by Gasteiger charge is -2.24. The highest BCUT2D eigenvalue weighted by Gasteiger charge is 2.28. The molecule has 0 radical (unpaired) electrons. The van der Waals surface area contributed by atoms with Gasteiger partial charge in [-0.2, -0.15) is 0 Å². The minimum Gasteiger partial charge on any atom is -0.496 e. The Labute approximate surface area is 199 Å². The Kier molecular flexibility index (Phi) is 7.57. The Balaban J connectivity index is 1.95. The third-order valence-corrected chi connectivity index (χ3v) is 7.07. The topological polar surface area (TPSA) is 102 Å².